The normalized spacial score (nSPS) is 10.7. The van der Waals surface area contributed by atoms with Crippen molar-refractivity contribution in [2.75, 3.05) is 14.2 Å². The second-order valence-corrected chi connectivity index (χ2v) is 6.04. The molecule has 0 spiro atoms. The molecule has 0 aromatic heterocycles. The summed E-state index contributed by atoms with van der Waals surface area (Å²) in [4.78, 5) is 9.96. The van der Waals surface area contributed by atoms with Gasteiger partial charge in [0.25, 0.3) is 0 Å². The zero-order valence-corrected chi connectivity index (χ0v) is 18.3. The van der Waals surface area contributed by atoms with Gasteiger partial charge in [0.1, 0.15) is 6.23 Å². The number of methoxy groups -OCH3 is 1. The van der Waals surface area contributed by atoms with Crippen LogP contribution in [-0.2, 0) is 28.8 Å². The molecule has 2 aromatic carbocycles. The Balaban J connectivity index is 0.000000780. The molecule has 0 aliphatic heterocycles. The molecule has 0 saturated carbocycles. The Labute approximate surface area is 170 Å². The van der Waals surface area contributed by atoms with Crippen LogP contribution in [-0.4, -0.2) is 25.2 Å². The van der Waals surface area contributed by atoms with Gasteiger partial charge in [-0.05, 0) is 48.6 Å². The van der Waals surface area contributed by atoms with Crippen LogP contribution in [0.25, 0.3) is 0 Å². The molecular formula is C24H37NO3. The van der Waals surface area contributed by atoms with Gasteiger partial charge < -0.3 is 9.84 Å². The highest BCUT2D eigenvalue weighted by atomic mass is 16.5. The van der Waals surface area contributed by atoms with Crippen molar-refractivity contribution < 1.29 is 14.6 Å². The van der Waals surface area contributed by atoms with Gasteiger partial charge in [-0.2, -0.15) is 0 Å². The maximum absolute atomic E-state index is 9.96. The molecule has 0 saturated heterocycles. The molecule has 0 fully saturated rings. The van der Waals surface area contributed by atoms with E-state index < -0.39 is 6.23 Å². The van der Waals surface area contributed by atoms with E-state index in [1.807, 2.05) is 19.9 Å². The molecule has 0 amide bonds. The quantitative estimate of drug-likeness (QED) is 0.527. The minimum Gasteiger partial charge on any atom is -0.469 e. The maximum atomic E-state index is 9.96. The topological polar surface area (TPSA) is 58.6 Å². The van der Waals surface area contributed by atoms with Crippen LogP contribution in [0.2, 0.25) is 0 Å². The van der Waals surface area contributed by atoms with E-state index in [1.165, 1.54) is 23.8 Å². The first kappa shape index (κ1) is 25.8. The fourth-order valence-electron chi connectivity index (χ4n) is 2.54. The Morgan fingerprint density at radius 2 is 1.57 bits per heavy atom. The van der Waals surface area contributed by atoms with Crippen molar-refractivity contribution in [1.29, 1.82) is 0 Å². The fourth-order valence-corrected chi connectivity index (χ4v) is 2.54. The largest absolute Gasteiger partial charge is 0.469 e. The molecule has 4 heteroatoms. The molecule has 28 heavy (non-hydrogen) atoms. The monoisotopic (exact) mass is 387 g/mol. The van der Waals surface area contributed by atoms with Gasteiger partial charge >= 0.3 is 5.97 Å². The SMILES string of the molecule is CC.CCC(=O)OC.CCc1cc(CCc2ccccc2)cc(C(O)NC)c1. The highest BCUT2D eigenvalue weighted by molar-refractivity contribution is 5.68. The van der Waals surface area contributed by atoms with E-state index in [0.717, 1.165) is 24.8 Å². The molecular weight excluding hydrogens is 350 g/mol. The van der Waals surface area contributed by atoms with Gasteiger partial charge in [-0.15, -0.1) is 0 Å². The first-order valence-corrected chi connectivity index (χ1v) is 10.1. The van der Waals surface area contributed by atoms with Gasteiger partial charge in [0.2, 0.25) is 0 Å². The van der Waals surface area contributed by atoms with Gasteiger partial charge in [0.15, 0.2) is 0 Å². The number of benzene rings is 2. The zero-order chi connectivity index (χ0) is 21.4. The molecule has 1 unspecified atom stereocenters. The third-order valence-corrected chi connectivity index (χ3v) is 4.13. The Morgan fingerprint density at radius 3 is 2.04 bits per heavy atom. The lowest BCUT2D eigenvalue weighted by atomic mass is 9.98. The second-order valence-electron chi connectivity index (χ2n) is 6.04. The van der Waals surface area contributed by atoms with Gasteiger partial charge in [0, 0.05) is 6.42 Å². The number of hydrogen-bond acceptors (Lipinski definition) is 4. The lowest BCUT2D eigenvalue weighted by Gasteiger charge is -2.13. The summed E-state index contributed by atoms with van der Waals surface area (Å²) >= 11 is 0. The number of aliphatic hydroxyl groups excluding tert-OH is 1. The van der Waals surface area contributed by atoms with Gasteiger partial charge in [0.05, 0.1) is 7.11 Å². The minimum atomic E-state index is -0.586. The number of ether oxygens (including phenoxy) is 1. The van der Waals surface area contributed by atoms with Crippen molar-refractivity contribution in [2.24, 2.45) is 0 Å². The molecule has 0 aliphatic carbocycles. The van der Waals surface area contributed by atoms with Crippen LogP contribution in [0.5, 0.6) is 0 Å². The van der Waals surface area contributed by atoms with Gasteiger partial charge in [-0.3, -0.25) is 10.1 Å². The Bertz CT molecular complexity index is 650. The summed E-state index contributed by atoms with van der Waals surface area (Å²) < 4.78 is 4.26. The average molecular weight is 388 g/mol. The van der Waals surface area contributed by atoms with E-state index in [2.05, 4.69) is 59.4 Å². The zero-order valence-electron chi connectivity index (χ0n) is 18.3. The predicted molar refractivity (Wildman–Crippen MR) is 117 cm³/mol. The number of nitrogens with one attached hydrogen (secondary N) is 1. The first-order chi connectivity index (χ1) is 13.5. The maximum Gasteiger partial charge on any atom is 0.305 e. The Morgan fingerprint density at radius 1 is 1.00 bits per heavy atom. The molecule has 2 N–H and O–H groups in total. The van der Waals surface area contributed by atoms with Gasteiger partial charge in [-0.1, -0.05) is 76.2 Å². The molecule has 1 atom stereocenters. The van der Waals surface area contributed by atoms with Crippen molar-refractivity contribution in [3.8, 4) is 0 Å². The summed E-state index contributed by atoms with van der Waals surface area (Å²) in [5.41, 5.74) is 4.87. The fraction of sp³-hybridized carbons (Fsp3) is 0.458. The summed E-state index contributed by atoms with van der Waals surface area (Å²) in [5, 5.41) is 12.8. The number of esters is 1. The lowest BCUT2D eigenvalue weighted by molar-refractivity contribution is -0.140. The van der Waals surface area contributed by atoms with E-state index in [4.69, 9.17) is 0 Å². The Kier molecular flexibility index (Phi) is 14.6. The van der Waals surface area contributed by atoms with Crippen LogP contribution in [0.1, 0.15) is 62.6 Å². The smallest absolute Gasteiger partial charge is 0.305 e. The van der Waals surface area contributed by atoms with Crippen LogP contribution in [0.3, 0.4) is 0 Å². The summed E-state index contributed by atoms with van der Waals surface area (Å²) in [5.74, 6) is -0.157. The third-order valence-electron chi connectivity index (χ3n) is 4.13. The van der Waals surface area contributed by atoms with E-state index >= 15 is 0 Å². The molecule has 0 radical (unpaired) electrons. The van der Waals surface area contributed by atoms with Crippen molar-refractivity contribution >= 4 is 5.97 Å². The highest BCUT2D eigenvalue weighted by Crippen LogP contribution is 2.18. The summed E-state index contributed by atoms with van der Waals surface area (Å²) in [6, 6.07) is 16.9. The highest BCUT2D eigenvalue weighted by Gasteiger charge is 2.07. The molecule has 0 aliphatic rings. The van der Waals surface area contributed by atoms with E-state index in [9.17, 15) is 9.90 Å². The van der Waals surface area contributed by atoms with E-state index in [1.54, 1.807) is 14.0 Å². The lowest BCUT2D eigenvalue weighted by Crippen LogP contribution is -2.15. The van der Waals surface area contributed by atoms with E-state index in [0.29, 0.717) is 6.42 Å². The molecule has 2 aromatic rings. The molecule has 2 rings (SSSR count). The number of carbonyl (C=O) groups excluding carboxylic acids is 1. The van der Waals surface area contributed by atoms with Crippen LogP contribution in [0, 0.1) is 0 Å². The second kappa shape index (κ2) is 15.8. The summed E-state index contributed by atoms with van der Waals surface area (Å²) in [6.07, 6.45) is 2.90. The molecule has 4 nitrogen and oxygen atoms in total. The first-order valence-electron chi connectivity index (χ1n) is 10.1. The van der Waals surface area contributed by atoms with Crippen LogP contribution >= 0.6 is 0 Å². The minimum absolute atomic E-state index is 0.157. The van der Waals surface area contributed by atoms with Crippen LogP contribution in [0.4, 0.5) is 0 Å². The number of carbonyl (C=O) groups is 1. The van der Waals surface area contributed by atoms with E-state index in [-0.39, 0.29) is 5.97 Å². The molecule has 156 valence electrons. The third kappa shape index (κ3) is 10.2. The van der Waals surface area contributed by atoms with Crippen LogP contribution < -0.4 is 5.32 Å². The van der Waals surface area contributed by atoms with Crippen molar-refractivity contribution in [1.82, 2.24) is 5.32 Å². The number of aliphatic hydroxyl groups is 1. The van der Waals surface area contributed by atoms with Gasteiger partial charge in [-0.25, -0.2) is 0 Å². The summed E-state index contributed by atoms with van der Waals surface area (Å²) in [6.45, 7) is 7.90. The summed E-state index contributed by atoms with van der Waals surface area (Å²) in [7, 11) is 3.15. The standard InChI is InChI=1S/C18H23NO.C4H8O2.C2H6/c1-3-14-11-16(13-17(12-14)18(20)19-2)10-9-15-7-5-4-6-8-15;1-3-4(5)6-2;1-2/h4-8,11-13,18-20H,3,9-10H2,1-2H3;3H2,1-2H3;1-2H3. The predicted octanol–water partition coefficient (Wildman–Crippen LogP) is 4.84. The number of aryl methyl sites for hydroxylation is 3. The van der Waals surface area contributed by atoms with Crippen LogP contribution in [0.15, 0.2) is 48.5 Å². The Hall–Kier alpha value is -2.17. The molecule has 0 bridgehead atoms. The number of hydrogen-bond donors (Lipinski definition) is 2. The molecule has 0 heterocycles. The van der Waals surface area contributed by atoms with Crippen molar-refractivity contribution in [2.45, 2.75) is 59.6 Å². The van der Waals surface area contributed by atoms with Crippen molar-refractivity contribution in [3.05, 3.63) is 70.8 Å². The number of rotatable bonds is 7. The average Bonchev–Trinajstić information content (AvgIpc) is 2.78. The van der Waals surface area contributed by atoms with Crippen molar-refractivity contribution in [3.63, 3.8) is 0 Å².